The number of aryl methyl sites for hydroxylation is 1. The number of hydrogen-bond acceptors (Lipinski definition) is 4. The van der Waals surface area contributed by atoms with Crippen molar-refractivity contribution in [1.82, 2.24) is 0 Å². The van der Waals surface area contributed by atoms with Crippen LogP contribution >= 0.6 is 0 Å². The summed E-state index contributed by atoms with van der Waals surface area (Å²) < 4.78 is 5.36. The second-order valence-electron chi connectivity index (χ2n) is 4.59. The van der Waals surface area contributed by atoms with Crippen molar-refractivity contribution in [2.75, 3.05) is 17.3 Å². The molecule has 2 aromatic carbocycles. The van der Waals surface area contributed by atoms with Crippen molar-refractivity contribution in [3.05, 3.63) is 53.6 Å². The first kappa shape index (κ1) is 14.9. The molecule has 0 heterocycles. The average molecular weight is 285 g/mol. The summed E-state index contributed by atoms with van der Waals surface area (Å²) in [6.07, 6.45) is 0. The molecule has 0 aliphatic rings. The van der Waals surface area contributed by atoms with Crippen LogP contribution in [0, 0.1) is 6.92 Å². The molecule has 0 bridgehead atoms. The van der Waals surface area contributed by atoms with Gasteiger partial charge in [-0.2, -0.15) is 0 Å². The van der Waals surface area contributed by atoms with Crippen LogP contribution in [-0.2, 0) is 0 Å². The molecule has 0 aliphatic carbocycles. The first-order chi connectivity index (χ1) is 10.1. The molecular formula is C16H19N3O2. The summed E-state index contributed by atoms with van der Waals surface area (Å²) >= 11 is 0. The molecule has 5 nitrogen and oxygen atoms in total. The predicted octanol–water partition coefficient (Wildman–Crippen LogP) is 2.93. The van der Waals surface area contributed by atoms with Crippen LogP contribution in [0.15, 0.2) is 42.5 Å². The van der Waals surface area contributed by atoms with Gasteiger partial charge >= 0.3 is 0 Å². The van der Waals surface area contributed by atoms with Gasteiger partial charge in [-0.1, -0.05) is 0 Å². The number of hydrazine groups is 1. The van der Waals surface area contributed by atoms with E-state index in [0.29, 0.717) is 12.2 Å². The van der Waals surface area contributed by atoms with Crippen molar-refractivity contribution < 1.29 is 9.53 Å². The third-order valence-electron chi connectivity index (χ3n) is 3.07. The maximum Gasteiger partial charge on any atom is 0.255 e. The van der Waals surface area contributed by atoms with Gasteiger partial charge in [0.25, 0.3) is 5.91 Å². The van der Waals surface area contributed by atoms with Crippen LogP contribution < -0.4 is 21.3 Å². The Morgan fingerprint density at radius 3 is 2.48 bits per heavy atom. The molecule has 2 rings (SSSR count). The van der Waals surface area contributed by atoms with Gasteiger partial charge in [-0.15, -0.1) is 0 Å². The Morgan fingerprint density at radius 2 is 1.90 bits per heavy atom. The Balaban J connectivity index is 2.08. The number of nitrogens with one attached hydrogen (secondary N) is 2. The summed E-state index contributed by atoms with van der Waals surface area (Å²) in [6.45, 7) is 4.44. The molecule has 2 aromatic rings. The number of benzene rings is 2. The van der Waals surface area contributed by atoms with Gasteiger partial charge in [-0.25, -0.2) is 0 Å². The van der Waals surface area contributed by atoms with E-state index in [0.717, 1.165) is 22.7 Å². The normalized spacial score (nSPS) is 10.0. The summed E-state index contributed by atoms with van der Waals surface area (Å²) in [6, 6.07) is 12.6. The van der Waals surface area contributed by atoms with Crippen LogP contribution in [0.25, 0.3) is 0 Å². The summed E-state index contributed by atoms with van der Waals surface area (Å²) in [5.74, 6) is 6.00. The van der Waals surface area contributed by atoms with E-state index in [-0.39, 0.29) is 5.91 Å². The zero-order chi connectivity index (χ0) is 15.2. The molecule has 0 fully saturated rings. The third kappa shape index (κ3) is 3.73. The zero-order valence-corrected chi connectivity index (χ0v) is 12.1. The lowest BCUT2D eigenvalue weighted by Gasteiger charge is -2.09. The lowest BCUT2D eigenvalue weighted by atomic mass is 10.1. The highest BCUT2D eigenvalue weighted by molar-refractivity contribution is 6.04. The van der Waals surface area contributed by atoms with Crippen LogP contribution in [0.2, 0.25) is 0 Å². The minimum absolute atomic E-state index is 0.161. The molecule has 5 heteroatoms. The highest BCUT2D eigenvalue weighted by atomic mass is 16.5. The van der Waals surface area contributed by atoms with Crippen molar-refractivity contribution in [3.8, 4) is 5.75 Å². The standard InChI is InChI=1S/C16H19N3O2/c1-3-21-14-7-5-13(6-8-14)18-16(20)12-4-9-15(19-17)11(2)10-12/h4-10,19H,3,17H2,1-2H3,(H,18,20). The Hall–Kier alpha value is -2.53. The van der Waals surface area contributed by atoms with E-state index in [9.17, 15) is 4.79 Å². The molecule has 0 aliphatic heterocycles. The molecule has 110 valence electrons. The smallest absolute Gasteiger partial charge is 0.255 e. The van der Waals surface area contributed by atoms with E-state index < -0.39 is 0 Å². The Bertz CT molecular complexity index is 624. The number of nitrogen functional groups attached to an aromatic ring is 1. The second kappa shape index (κ2) is 6.76. The van der Waals surface area contributed by atoms with Crippen LogP contribution in [-0.4, -0.2) is 12.5 Å². The largest absolute Gasteiger partial charge is 0.494 e. The van der Waals surface area contributed by atoms with Gasteiger partial charge in [-0.05, 0) is 61.9 Å². The van der Waals surface area contributed by atoms with E-state index in [4.69, 9.17) is 10.6 Å². The maximum atomic E-state index is 12.2. The van der Waals surface area contributed by atoms with E-state index in [1.54, 1.807) is 18.2 Å². The number of ether oxygens (including phenoxy) is 1. The third-order valence-corrected chi connectivity index (χ3v) is 3.07. The topological polar surface area (TPSA) is 76.4 Å². The molecule has 1 amide bonds. The van der Waals surface area contributed by atoms with Crippen molar-refractivity contribution in [3.63, 3.8) is 0 Å². The molecule has 0 aromatic heterocycles. The SMILES string of the molecule is CCOc1ccc(NC(=O)c2ccc(NN)c(C)c2)cc1. The first-order valence-corrected chi connectivity index (χ1v) is 6.75. The number of carbonyl (C=O) groups excluding carboxylic acids is 1. The monoisotopic (exact) mass is 285 g/mol. The van der Waals surface area contributed by atoms with Gasteiger partial charge in [0.15, 0.2) is 0 Å². The van der Waals surface area contributed by atoms with Crippen LogP contribution in [0.4, 0.5) is 11.4 Å². The van der Waals surface area contributed by atoms with Crippen molar-refractivity contribution in [1.29, 1.82) is 0 Å². The summed E-state index contributed by atoms with van der Waals surface area (Å²) in [4.78, 5) is 12.2. The summed E-state index contributed by atoms with van der Waals surface area (Å²) in [5.41, 5.74) is 5.60. The van der Waals surface area contributed by atoms with Gasteiger partial charge in [-0.3, -0.25) is 10.6 Å². The molecule has 0 saturated heterocycles. The number of hydrogen-bond donors (Lipinski definition) is 3. The van der Waals surface area contributed by atoms with Crippen molar-refractivity contribution in [2.24, 2.45) is 5.84 Å². The molecule has 4 N–H and O–H groups in total. The van der Waals surface area contributed by atoms with Gasteiger partial charge in [0.05, 0.1) is 12.3 Å². The zero-order valence-electron chi connectivity index (χ0n) is 12.1. The van der Waals surface area contributed by atoms with E-state index in [1.165, 1.54) is 0 Å². The summed E-state index contributed by atoms with van der Waals surface area (Å²) in [5, 5.41) is 2.85. The average Bonchev–Trinajstić information content (AvgIpc) is 2.49. The molecule has 0 atom stereocenters. The first-order valence-electron chi connectivity index (χ1n) is 6.75. The highest BCUT2D eigenvalue weighted by Crippen LogP contribution is 2.18. The fourth-order valence-electron chi connectivity index (χ4n) is 1.97. The Labute approximate surface area is 124 Å². The Kier molecular flexibility index (Phi) is 4.79. The minimum Gasteiger partial charge on any atom is -0.494 e. The van der Waals surface area contributed by atoms with Gasteiger partial charge in [0.2, 0.25) is 0 Å². The van der Waals surface area contributed by atoms with E-state index in [1.807, 2.05) is 38.1 Å². The maximum absolute atomic E-state index is 12.2. The highest BCUT2D eigenvalue weighted by Gasteiger charge is 2.08. The molecule has 0 spiro atoms. The number of nitrogens with two attached hydrogens (primary N) is 1. The van der Waals surface area contributed by atoms with Gasteiger partial charge in [0, 0.05) is 11.3 Å². The van der Waals surface area contributed by atoms with Crippen molar-refractivity contribution >= 4 is 17.3 Å². The van der Waals surface area contributed by atoms with Crippen LogP contribution in [0.3, 0.4) is 0 Å². The molecular weight excluding hydrogens is 266 g/mol. The fourth-order valence-corrected chi connectivity index (χ4v) is 1.97. The fraction of sp³-hybridized carbons (Fsp3) is 0.188. The van der Waals surface area contributed by atoms with Gasteiger partial charge < -0.3 is 15.5 Å². The number of amides is 1. The Morgan fingerprint density at radius 1 is 1.19 bits per heavy atom. The van der Waals surface area contributed by atoms with Crippen LogP contribution in [0.5, 0.6) is 5.75 Å². The predicted molar refractivity (Wildman–Crippen MR) is 84.6 cm³/mol. The van der Waals surface area contributed by atoms with Gasteiger partial charge in [0.1, 0.15) is 5.75 Å². The number of anilines is 2. The lowest BCUT2D eigenvalue weighted by Crippen LogP contribution is -2.13. The lowest BCUT2D eigenvalue weighted by molar-refractivity contribution is 0.102. The molecule has 0 saturated carbocycles. The molecule has 0 radical (unpaired) electrons. The van der Waals surface area contributed by atoms with Crippen molar-refractivity contribution in [2.45, 2.75) is 13.8 Å². The number of carbonyl (C=O) groups is 1. The van der Waals surface area contributed by atoms with E-state index in [2.05, 4.69) is 10.7 Å². The quantitative estimate of drug-likeness (QED) is 0.583. The summed E-state index contributed by atoms with van der Waals surface area (Å²) in [7, 11) is 0. The number of rotatable bonds is 5. The van der Waals surface area contributed by atoms with E-state index >= 15 is 0 Å². The van der Waals surface area contributed by atoms with Crippen LogP contribution in [0.1, 0.15) is 22.8 Å². The molecule has 0 unspecified atom stereocenters. The molecule has 21 heavy (non-hydrogen) atoms. The second-order valence-corrected chi connectivity index (χ2v) is 4.59. The minimum atomic E-state index is -0.161.